The Morgan fingerprint density at radius 2 is 0.456 bits per heavy atom. The molecule has 404 valence electrons. The average Bonchev–Trinajstić information content (AvgIpc) is 3.69. The van der Waals surface area contributed by atoms with Crippen molar-refractivity contribution in [2.45, 2.75) is 387 Å². The van der Waals surface area contributed by atoms with Crippen molar-refractivity contribution < 1.29 is 9.06 Å². The van der Waals surface area contributed by atoms with Gasteiger partial charge in [-0.2, -0.15) is 4.58 Å². The van der Waals surface area contributed by atoms with Crippen molar-refractivity contribution in [3.05, 3.63) is 12.4 Å². The minimum atomic E-state index is 1.22. The van der Waals surface area contributed by atoms with E-state index in [-0.39, 0.29) is 0 Å². The van der Waals surface area contributed by atoms with Gasteiger partial charge in [-0.1, -0.05) is 336 Å². The van der Waals surface area contributed by atoms with Crippen molar-refractivity contribution in [2.75, 3.05) is 19.6 Å². The summed E-state index contributed by atoms with van der Waals surface area (Å²) in [6.07, 6.45) is 86.5. The van der Waals surface area contributed by atoms with Crippen LogP contribution < -0.4 is 0 Å². The molecule has 1 rings (SSSR count). The van der Waals surface area contributed by atoms with Crippen molar-refractivity contribution >= 4 is 5.84 Å². The van der Waals surface area contributed by atoms with Gasteiger partial charge >= 0.3 is 5.84 Å². The summed E-state index contributed by atoms with van der Waals surface area (Å²) in [6, 6.07) is 0. The fourth-order valence-electron chi connectivity index (χ4n) is 11.7. The first-order valence-corrected chi connectivity index (χ1v) is 32.9. The molecule has 0 saturated heterocycles. The van der Waals surface area contributed by atoms with E-state index in [1.165, 1.54) is 384 Å². The smallest absolute Gasteiger partial charge is 0.209 e. The summed E-state index contributed by atoms with van der Waals surface area (Å²) in [6.45, 7) is 13.3. The molecule has 1 atom stereocenters. The van der Waals surface area contributed by atoms with Gasteiger partial charge in [0.25, 0.3) is 0 Å². The Bertz CT molecular complexity index is 1030. The van der Waals surface area contributed by atoms with Gasteiger partial charge in [0.2, 0.25) is 6.20 Å². The Morgan fingerprint density at radius 1 is 0.250 bits per heavy atom. The van der Waals surface area contributed by atoms with Gasteiger partial charge in [0.15, 0.2) is 12.7 Å². The predicted octanol–water partition coefficient (Wildman–Crippen LogP) is 23.6. The van der Waals surface area contributed by atoms with E-state index >= 15 is 0 Å². The summed E-state index contributed by atoms with van der Waals surface area (Å²) >= 11 is 0. The van der Waals surface area contributed by atoms with Crippen molar-refractivity contribution in [1.29, 1.82) is 0 Å². The number of quaternary nitrogens is 1. The molecule has 1 unspecified atom stereocenters. The number of amidine groups is 1. The molecule has 0 N–H and O–H groups in total. The van der Waals surface area contributed by atoms with Gasteiger partial charge < -0.3 is 0 Å². The number of unbranched alkanes of at least 4 members (excludes halogenated alkanes) is 51. The van der Waals surface area contributed by atoms with Crippen LogP contribution in [0.5, 0.6) is 0 Å². The molecule has 1 aliphatic heterocycles. The van der Waals surface area contributed by atoms with Crippen LogP contribution in [0.3, 0.4) is 0 Å². The number of nitrogens with zero attached hydrogens (tertiary/aromatic N) is 2. The molecule has 68 heavy (non-hydrogen) atoms. The highest BCUT2D eigenvalue weighted by Crippen LogP contribution is 2.27. The third-order valence-electron chi connectivity index (χ3n) is 16.5. The zero-order chi connectivity index (χ0) is 48.8. The molecule has 0 radical (unpaired) electrons. The van der Waals surface area contributed by atoms with Crippen molar-refractivity contribution in [3.8, 4) is 0 Å². The Kier molecular flexibility index (Phi) is 52.1. The molecular formula is C66H132N2+2. The molecule has 0 aromatic carbocycles. The van der Waals surface area contributed by atoms with E-state index in [0.29, 0.717) is 0 Å². The lowest BCUT2D eigenvalue weighted by Crippen LogP contribution is -2.50. The fourth-order valence-corrected chi connectivity index (χ4v) is 11.7. The highest BCUT2D eigenvalue weighted by molar-refractivity contribution is 5.72. The van der Waals surface area contributed by atoms with Crippen molar-refractivity contribution in [1.82, 2.24) is 0 Å². The molecular weight excluding hydrogens is 821 g/mol. The topological polar surface area (TPSA) is 3.01 Å². The van der Waals surface area contributed by atoms with Crippen molar-refractivity contribution in [2.24, 2.45) is 0 Å². The molecule has 0 saturated carbocycles. The van der Waals surface area contributed by atoms with Gasteiger partial charge in [0, 0.05) is 6.42 Å². The Morgan fingerprint density at radius 3 is 0.706 bits per heavy atom. The molecule has 0 bridgehead atoms. The van der Waals surface area contributed by atoms with Crippen LogP contribution in [0.2, 0.25) is 0 Å². The maximum atomic E-state index is 2.83. The molecule has 1 heterocycles. The van der Waals surface area contributed by atoms with Crippen LogP contribution in [0.25, 0.3) is 0 Å². The summed E-state index contributed by atoms with van der Waals surface area (Å²) in [4.78, 5) is 0. The highest BCUT2D eigenvalue weighted by atomic mass is 15.4. The SMILES string of the molecule is CCCCCCCCCCCCCCCCCCC1=[N+](CCCCCCCCCCCCCCCCCC)C=C[N+]1(CCCCCCCCCCCCC)CCCCCCCCCCCCCC. The fraction of sp³-hybridized carbons (Fsp3) is 0.955. The first-order valence-electron chi connectivity index (χ1n) is 32.9. The molecule has 2 nitrogen and oxygen atoms in total. The van der Waals surface area contributed by atoms with Crippen LogP contribution in [-0.4, -0.2) is 34.5 Å². The van der Waals surface area contributed by atoms with Crippen molar-refractivity contribution in [3.63, 3.8) is 0 Å². The Labute approximate surface area is 432 Å². The Hall–Kier alpha value is -0.630. The van der Waals surface area contributed by atoms with E-state index in [2.05, 4.69) is 44.7 Å². The molecule has 0 aromatic rings. The normalized spacial score (nSPS) is 14.9. The van der Waals surface area contributed by atoms with E-state index in [9.17, 15) is 0 Å². The molecule has 1 aliphatic rings. The highest BCUT2D eigenvalue weighted by Gasteiger charge is 2.42. The second-order valence-electron chi connectivity index (χ2n) is 23.2. The van der Waals surface area contributed by atoms with E-state index in [1.54, 1.807) is 0 Å². The monoisotopic (exact) mass is 953 g/mol. The van der Waals surface area contributed by atoms with Crippen LogP contribution in [0, 0.1) is 0 Å². The van der Waals surface area contributed by atoms with E-state index < -0.39 is 0 Å². The number of hydrogen-bond acceptors (Lipinski definition) is 0. The zero-order valence-corrected chi connectivity index (χ0v) is 48.3. The molecule has 0 aromatic heterocycles. The van der Waals surface area contributed by atoms with Gasteiger partial charge in [-0.15, -0.1) is 0 Å². The van der Waals surface area contributed by atoms with Gasteiger partial charge in [-0.3, -0.25) is 0 Å². The minimum absolute atomic E-state index is 1.22. The average molecular weight is 954 g/mol. The quantitative estimate of drug-likeness (QED) is 0.0325. The van der Waals surface area contributed by atoms with Crippen LogP contribution in [0.15, 0.2) is 12.4 Å². The number of rotatable bonds is 59. The van der Waals surface area contributed by atoms with Gasteiger partial charge in [0.05, 0.1) is 19.5 Å². The summed E-state index contributed by atoms with van der Waals surface area (Å²) in [5, 5.41) is 0. The van der Waals surface area contributed by atoms with E-state index in [1.807, 2.05) is 5.84 Å². The summed E-state index contributed by atoms with van der Waals surface area (Å²) < 4.78 is 4.04. The Balaban J connectivity index is 2.69. The third-order valence-corrected chi connectivity index (χ3v) is 16.5. The standard InChI is InChI=1S/C66H132N2/c1-5-9-13-17-21-25-29-32-34-36-38-40-44-48-52-56-60-66-67(61-57-53-49-45-41-39-37-35-33-30-26-22-18-14-10-6-2)62-65-68(66,63-58-54-50-46-42-28-24-20-16-12-8-4)64-59-55-51-47-43-31-27-23-19-15-11-7-3/h62,65H,5-61,63-64H2,1-4H3/q+2. The second-order valence-corrected chi connectivity index (χ2v) is 23.2. The van der Waals surface area contributed by atoms with Crippen LogP contribution in [0.1, 0.15) is 387 Å². The van der Waals surface area contributed by atoms with Gasteiger partial charge in [-0.25, -0.2) is 4.48 Å². The van der Waals surface area contributed by atoms with Crippen LogP contribution >= 0.6 is 0 Å². The first kappa shape index (κ1) is 65.4. The molecule has 0 spiro atoms. The van der Waals surface area contributed by atoms with E-state index in [4.69, 9.17) is 0 Å². The largest absolute Gasteiger partial charge is 0.348 e. The maximum Gasteiger partial charge on any atom is 0.348 e. The lowest BCUT2D eigenvalue weighted by Gasteiger charge is -2.29. The second kappa shape index (κ2) is 54.2. The minimum Gasteiger partial charge on any atom is -0.209 e. The maximum absolute atomic E-state index is 2.83. The van der Waals surface area contributed by atoms with Crippen LogP contribution in [-0.2, 0) is 0 Å². The van der Waals surface area contributed by atoms with Gasteiger partial charge in [-0.05, 0) is 38.5 Å². The zero-order valence-electron chi connectivity index (χ0n) is 48.3. The van der Waals surface area contributed by atoms with E-state index in [0.717, 1.165) is 0 Å². The lowest BCUT2D eigenvalue weighted by molar-refractivity contribution is -0.801. The summed E-state index contributed by atoms with van der Waals surface area (Å²) in [5.74, 6) is 1.81. The predicted molar refractivity (Wildman–Crippen MR) is 311 cm³/mol. The lowest BCUT2D eigenvalue weighted by atomic mass is 10.0. The third kappa shape index (κ3) is 41.9. The molecule has 0 fully saturated rings. The summed E-state index contributed by atoms with van der Waals surface area (Å²) in [5.41, 5.74) is 0. The molecule has 2 heteroatoms. The number of hydrogen-bond donors (Lipinski definition) is 0. The van der Waals surface area contributed by atoms with Gasteiger partial charge in [0.1, 0.15) is 0 Å². The summed E-state index contributed by atoms with van der Waals surface area (Å²) in [7, 11) is 0. The molecule has 0 aliphatic carbocycles. The first-order chi connectivity index (χ1) is 33.7. The van der Waals surface area contributed by atoms with Crippen LogP contribution in [0.4, 0.5) is 0 Å². The molecule has 0 amide bonds.